The summed E-state index contributed by atoms with van der Waals surface area (Å²) in [6.45, 7) is -2.47. The summed E-state index contributed by atoms with van der Waals surface area (Å²) >= 11 is 0. The smallest absolute Gasteiger partial charge is 0.225 e. The maximum Gasteiger partial charge on any atom is 0.225 e. The van der Waals surface area contributed by atoms with E-state index >= 15 is 0 Å². The van der Waals surface area contributed by atoms with Crippen molar-refractivity contribution in [1.29, 1.82) is 0 Å². The number of aliphatic hydroxyl groups is 1. The molecule has 46 valence electrons. The molecule has 1 N–H and O–H groups in total. The highest BCUT2D eigenvalue weighted by Crippen LogP contribution is 2.06. The van der Waals surface area contributed by atoms with E-state index in [1.54, 1.807) is 0 Å². The van der Waals surface area contributed by atoms with Crippen LogP contribution in [0.25, 0.3) is 0 Å². The van der Waals surface area contributed by atoms with Gasteiger partial charge in [-0.15, -0.1) is 0 Å². The Labute approximate surface area is 52.1 Å². The molecule has 3 nitrogen and oxygen atoms in total. The number of nitrogens with zero attached hydrogens (tertiary/aromatic N) is 1. The van der Waals surface area contributed by atoms with Crippen molar-refractivity contribution in [3.05, 3.63) is 0 Å². The van der Waals surface area contributed by atoms with Crippen LogP contribution in [0.5, 0.6) is 0 Å². The number of β-amino-alcohol motifs (C(OH)–C–C–N with tert-alkyl or cyclic N) is 1. The number of carbonyl (C=O) groups is 1. The van der Waals surface area contributed by atoms with Crippen LogP contribution in [0.1, 0.15) is 10.5 Å². The Morgan fingerprint density at radius 1 is 2.12 bits per heavy atom. The largest absolute Gasteiger partial charge is 0.391 e. The zero-order valence-electron chi connectivity index (χ0n) is 7.29. The van der Waals surface area contributed by atoms with Crippen molar-refractivity contribution < 1.29 is 14.0 Å². The van der Waals surface area contributed by atoms with Crippen molar-refractivity contribution in [3.8, 4) is 0 Å². The minimum absolute atomic E-state index is 0.0710. The molecule has 0 saturated carbocycles. The molecule has 0 spiro atoms. The van der Waals surface area contributed by atoms with Crippen LogP contribution >= 0.6 is 0 Å². The highest BCUT2D eigenvalue weighted by Gasteiger charge is 2.23. The topological polar surface area (TPSA) is 40.5 Å². The SMILES string of the molecule is [2H]C([2H])([2H])N1C[C@@H](O)CC1=O. The van der Waals surface area contributed by atoms with Crippen LogP contribution in [-0.2, 0) is 4.79 Å². The molecule has 1 atom stereocenters. The van der Waals surface area contributed by atoms with Gasteiger partial charge in [-0.25, -0.2) is 0 Å². The van der Waals surface area contributed by atoms with Gasteiger partial charge in [0.05, 0.1) is 12.5 Å². The number of hydrogen-bond donors (Lipinski definition) is 1. The molecule has 0 aromatic heterocycles. The average molecular weight is 118 g/mol. The summed E-state index contributed by atoms with van der Waals surface area (Å²) in [5.41, 5.74) is 0. The van der Waals surface area contributed by atoms with Crippen LogP contribution in [0.2, 0.25) is 0 Å². The first-order valence-electron chi connectivity index (χ1n) is 3.90. The van der Waals surface area contributed by atoms with Crippen molar-refractivity contribution in [3.63, 3.8) is 0 Å². The predicted molar refractivity (Wildman–Crippen MR) is 28.3 cm³/mol. The lowest BCUT2D eigenvalue weighted by Crippen LogP contribution is -2.19. The van der Waals surface area contributed by atoms with Crippen LogP contribution in [0.4, 0.5) is 0 Å². The van der Waals surface area contributed by atoms with Crippen LogP contribution < -0.4 is 0 Å². The zero-order valence-corrected chi connectivity index (χ0v) is 4.29. The van der Waals surface area contributed by atoms with E-state index in [4.69, 9.17) is 9.22 Å². The average Bonchev–Trinajstić information content (AvgIpc) is 2.08. The van der Waals surface area contributed by atoms with E-state index in [1.807, 2.05) is 0 Å². The Morgan fingerprint density at radius 3 is 3.12 bits per heavy atom. The molecule has 3 heteroatoms. The van der Waals surface area contributed by atoms with Gasteiger partial charge >= 0.3 is 0 Å². The second-order valence-electron chi connectivity index (χ2n) is 1.86. The molecular weight excluding hydrogens is 106 g/mol. The number of carbonyl (C=O) groups excluding carboxylic acids is 1. The Morgan fingerprint density at radius 2 is 2.88 bits per heavy atom. The van der Waals surface area contributed by atoms with Gasteiger partial charge in [0, 0.05) is 17.6 Å². The maximum absolute atomic E-state index is 10.8. The van der Waals surface area contributed by atoms with Gasteiger partial charge < -0.3 is 10.0 Å². The van der Waals surface area contributed by atoms with E-state index in [1.165, 1.54) is 0 Å². The summed E-state index contributed by atoms with van der Waals surface area (Å²) in [6.07, 6.45) is -0.888. The summed E-state index contributed by atoms with van der Waals surface area (Å²) in [5.74, 6) is -0.502. The van der Waals surface area contributed by atoms with Gasteiger partial charge in [0.25, 0.3) is 0 Å². The van der Waals surface area contributed by atoms with Gasteiger partial charge in [0.2, 0.25) is 5.91 Å². The van der Waals surface area contributed by atoms with Crippen molar-refractivity contribution in [2.45, 2.75) is 12.5 Å². The molecule has 8 heavy (non-hydrogen) atoms. The summed E-state index contributed by atoms with van der Waals surface area (Å²) in [6, 6.07) is 0. The molecule has 0 aromatic carbocycles. The van der Waals surface area contributed by atoms with E-state index < -0.39 is 19.0 Å². The molecule has 0 unspecified atom stereocenters. The molecule has 1 fully saturated rings. The second-order valence-corrected chi connectivity index (χ2v) is 1.86. The van der Waals surface area contributed by atoms with Gasteiger partial charge in [-0.1, -0.05) is 0 Å². The van der Waals surface area contributed by atoms with Crippen LogP contribution in [0.3, 0.4) is 0 Å². The fourth-order valence-corrected chi connectivity index (χ4v) is 0.689. The minimum atomic E-state index is -2.39. The first-order chi connectivity index (χ1) is 4.91. The van der Waals surface area contributed by atoms with Crippen molar-refractivity contribution in [2.24, 2.45) is 0 Å². The van der Waals surface area contributed by atoms with E-state index in [9.17, 15) is 4.79 Å². The molecule has 0 aliphatic carbocycles. The quantitative estimate of drug-likeness (QED) is 0.453. The van der Waals surface area contributed by atoms with Crippen molar-refractivity contribution in [2.75, 3.05) is 13.5 Å². The fraction of sp³-hybridized carbons (Fsp3) is 0.800. The predicted octanol–water partition coefficient (Wildman–Crippen LogP) is -0.791. The molecule has 0 bridgehead atoms. The normalized spacial score (nSPS) is 36.6. The lowest BCUT2D eigenvalue weighted by molar-refractivity contribution is -0.126. The van der Waals surface area contributed by atoms with E-state index in [2.05, 4.69) is 0 Å². The summed E-state index contributed by atoms with van der Waals surface area (Å²) in [4.78, 5) is 11.6. The van der Waals surface area contributed by atoms with Gasteiger partial charge in [-0.3, -0.25) is 4.79 Å². The maximum atomic E-state index is 10.8. The van der Waals surface area contributed by atoms with Crippen molar-refractivity contribution >= 4 is 5.91 Å². The van der Waals surface area contributed by atoms with E-state index in [0.29, 0.717) is 0 Å². The van der Waals surface area contributed by atoms with Gasteiger partial charge in [0.15, 0.2) is 0 Å². The molecular formula is C5H9NO2. The summed E-state index contributed by atoms with van der Waals surface area (Å²) in [5, 5.41) is 8.92. The highest BCUT2D eigenvalue weighted by atomic mass is 16.3. The van der Waals surface area contributed by atoms with Gasteiger partial charge in [-0.2, -0.15) is 0 Å². The van der Waals surface area contributed by atoms with E-state index in [-0.39, 0.29) is 13.0 Å². The Balaban J connectivity index is 2.68. The highest BCUT2D eigenvalue weighted by molar-refractivity contribution is 5.78. The molecule has 1 aliphatic heterocycles. The third kappa shape index (κ3) is 0.816. The monoisotopic (exact) mass is 118 g/mol. The summed E-state index contributed by atoms with van der Waals surface area (Å²) < 4.78 is 20.6. The molecule has 1 aliphatic rings. The number of likely N-dealkylation sites (tertiary alicyclic amines) is 1. The second kappa shape index (κ2) is 1.74. The lowest BCUT2D eigenvalue weighted by atomic mass is 10.3. The van der Waals surface area contributed by atoms with Gasteiger partial charge in [-0.05, 0) is 0 Å². The molecule has 0 radical (unpaired) electrons. The first-order valence-corrected chi connectivity index (χ1v) is 2.40. The Bertz CT molecular complexity index is 179. The lowest BCUT2D eigenvalue weighted by Gasteiger charge is -2.04. The Hall–Kier alpha value is -0.570. The Kier molecular flexibility index (Phi) is 0.615. The standard InChI is InChI=1S/C5H9NO2/c1-6-3-4(7)2-5(6)8/h4,7H,2-3H2,1H3/t4-/m0/s1/i1D3. The molecule has 1 saturated heterocycles. The molecule has 0 aromatic rings. The molecule has 1 heterocycles. The van der Waals surface area contributed by atoms with Crippen molar-refractivity contribution in [1.82, 2.24) is 4.90 Å². The minimum Gasteiger partial charge on any atom is -0.391 e. The zero-order chi connectivity index (χ0) is 8.65. The fourth-order valence-electron chi connectivity index (χ4n) is 0.689. The van der Waals surface area contributed by atoms with E-state index in [0.717, 1.165) is 4.90 Å². The summed E-state index contributed by atoms with van der Waals surface area (Å²) in [7, 11) is 0. The number of likely N-dealkylation sites (N-methyl/N-ethyl adjacent to an activating group) is 1. The number of amides is 1. The van der Waals surface area contributed by atoms with Crippen LogP contribution in [-0.4, -0.2) is 35.5 Å². The number of aliphatic hydroxyl groups excluding tert-OH is 1. The number of hydrogen-bond acceptors (Lipinski definition) is 2. The third-order valence-corrected chi connectivity index (χ3v) is 1.10. The first kappa shape index (κ1) is 2.82. The third-order valence-electron chi connectivity index (χ3n) is 1.10. The number of rotatable bonds is 0. The van der Waals surface area contributed by atoms with Gasteiger partial charge in [0.1, 0.15) is 0 Å². The molecule has 1 amide bonds. The molecule has 1 rings (SSSR count). The van der Waals surface area contributed by atoms with Crippen LogP contribution in [0, 0.1) is 0 Å². The van der Waals surface area contributed by atoms with Crippen LogP contribution in [0.15, 0.2) is 0 Å².